The number of hydrogen-bond donors (Lipinski definition) is 2. The summed E-state index contributed by atoms with van der Waals surface area (Å²) in [5, 5.41) is 15.9. The summed E-state index contributed by atoms with van der Waals surface area (Å²) in [6.45, 7) is 6.79. The molecule has 0 fully saturated rings. The summed E-state index contributed by atoms with van der Waals surface area (Å²) >= 11 is 0. The van der Waals surface area contributed by atoms with Crippen LogP contribution in [0.3, 0.4) is 0 Å². The van der Waals surface area contributed by atoms with Crippen LogP contribution >= 0.6 is 0 Å². The van der Waals surface area contributed by atoms with Crippen molar-refractivity contribution in [3.63, 3.8) is 0 Å². The summed E-state index contributed by atoms with van der Waals surface area (Å²) in [6, 6.07) is 9.87. The second-order valence-electron chi connectivity index (χ2n) is 7.85. The van der Waals surface area contributed by atoms with E-state index in [2.05, 4.69) is 52.5 Å². The zero-order chi connectivity index (χ0) is 18.1. The summed E-state index contributed by atoms with van der Waals surface area (Å²) in [6.07, 6.45) is 4.97. The van der Waals surface area contributed by atoms with Gasteiger partial charge in [0, 0.05) is 23.3 Å². The molecule has 134 valence electrons. The van der Waals surface area contributed by atoms with Gasteiger partial charge < -0.3 is 9.84 Å². The molecule has 3 aromatic heterocycles. The smallest absolute Gasteiger partial charge is 0.178 e. The molecule has 0 atom stereocenters. The van der Waals surface area contributed by atoms with E-state index in [0.29, 0.717) is 11.2 Å². The summed E-state index contributed by atoms with van der Waals surface area (Å²) in [5.41, 5.74) is 4.77. The van der Waals surface area contributed by atoms with Crippen LogP contribution in [0.4, 0.5) is 11.5 Å². The van der Waals surface area contributed by atoms with E-state index in [1.807, 2.05) is 24.3 Å². The lowest BCUT2D eigenvalue weighted by molar-refractivity contribution is 0.362. The number of hydrogen-bond acceptors (Lipinski definition) is 5. The highest BCUT2D eigenvalue weighted by molar-refractivity contribution is 5.89. The van der Waals surface area contributed by atoms with E-state index in [4.69, 9.17) is 4.52 Å². The number of anilines is 2. The molecule has 26 heavy (non-hydrogen) atoms. The molecule has 0 bridgehead atoms. The molecule has 0 aliphatic heterocycles. The van der Waals surface area contributed by atoms with Gasteiger partial charge in [0.05, 0.1) is 11.2 Å². The number of nitrogens with one attached hydrogen (secondary N) is 2. The van der Waals surface area contributed by atoms with Gasteiger partial charge in [0.2, 0.25) is 0 Å². The molecule has 4 rings (SSSR count). The summed E-state index contributed by atoms with van der Waals surface area (Å²) in [4.78, 5) is 4.37. The van der Waals surface area contributed by atoms with Crippen LogP contribution in [0, 0.1) is 5.41 Å². The highest BCUT2D eigenvalue weighted by Crippen LogP contribution is 2.28. The van der Waals surface area contributed by atoms with Crippen molar-refractivity contribution in [2.75, 3.05) is 5.32 Å². The molecule has 3 heterocycles. The maximum absolute atomic E-state index is 5.55. The number of H-pyrrole nitrogens is 1. The molecule has 6 heteroatoms. The average Bonchev–Trinajstić information content (AvgIpc) is 3.19. The van der Waals surface area contributed by atoms with Crippen LogP contribution in [0.5, 0.6) is 0 Å². The fourth-order valence-corrected chi connectivity index (χ4v) is 3.11. The van der Waals surface area contributed by atoms with Gasteiger partial charge in [-0.25, -0.2) is 0 Å². The largest absolute Gasteiger partial charge is 0.356 e. The Balaban J connectivity index is 1.53. The van der Waals surface area contributed by atoms with Gasteiger partial charge in [-0.2, -0.15) is 5.10 Å². The summed E-state index contributed by atoms with van der Waals surface area (Å²) in [7, 11) is 0. The number of benzene rings is 1. The topological polar surface area (TPSA) is 79.6 Å². The Kier molecular flexibility index (Phi) is 4.11. The molecule has 2 N–H and O–H groups in total. The lowest BCUT2D eigenvalue weighted by atomic mass is 9.89. The van der Waals surface area contributed by atoms with Crippen molar-refractivity contribution in [2.24, 2.45) is 5.41 Å². The molecular formula is C20H23N5O. The molecule has 0 spiro atoms. The Morgan fingerprint density at radius 1 is 1.19 bits per heavy atom. The molecule has 4 aromatic rings. The van der Waals surface area contributed by atoms with Crippen molar-refractivity contribution in [3.8, 4) is 0 Å². The van der Waals surface area contributed by atoms with Gasteiger partial charge in [-0.1, -0.05) is 25.9 Å². The Morgan fingerprint density at radius 3 is 2.92 bits per heavy atom. The summed E-state index contributed by atoms with van der Waals surface area (Å²) < 4.78 is 5.55. The van der Waals surface area contributed by atoms with Crippen LogP contribution in [-0.2, 0) is 6.42 Å². The van der Waals surface area contributed by atoms with Gasteiger partial charge in [-0.05, 0) is 48.9 Å². The number of aryl methyl sites for hydroxylation is 1. The normalized spacial score (nSPS) is 12.1. The van der Waals surface area contributed by atoms with E-state index in [9.17, 15) is 0 Å². The van der Waals surface area contributed by atoms with Crippen LogP contribution in [0.2, 0.25) is 0 Å². The molecular weight excluding hydrogens is 326 g/mol. The second-order valence-corrected chi connectivity index (χ2v) is 7.85. The molecule has 0 aliphatic rings. The third kappa shape index (κ3) is 3.40. The highest BCUT2D eigenvalue weighted by atomic mass is 16.5. The first-order valence-electron chi connectivity index (χ1n) is 8.94. The van der Waals surface area contributed by atoms with E-state index in [1.54, 1.807) is 6.20 Å². The zero-order valence-corrected chi connectivity index (χ0v) is 15.3. The van der Waals surface area contributed by atoms with E-state index in [1.165, 1.54) is 6.42 Å². The van der Waals surface area contributed by atoms with Gasteiger partial charge in [0.25, 0.3) is 0 Å². The lowest BCUT2D eigenvalue weighted by Crippen LogP contribution is -2.05. The number of pyridine rings is 1. The maximum atomic E-state index is 5.55. The van der Waals surface area contributed by atoms with Crippen molar-refractivity contribution in [1.82, 2.24) is 20.3 Å². The van der Waals surface area contributed by atoms with Crippen molar-refractivity contribution < 1.29 is 4.52 Å². The molecule has 0 aliphatic carbocycles. The molecule has 0 saturated carbocycles. The molecule has 1 aromatic carbocycles. The Hall–Kier alpha value is -2.89. The van der Waals surface area contributed by atoms with E-state index < -0.39 is 0 Å². The van der Waals surface area contributed by atoms with E-state index in [0.717, 1.165) is 46.2 Å². The second kappa shape index (κ2) is 6.44. The van der Waals surface area contributed by atoms with Crippen LogP contribution in [0.25, 0.3) is 22.0 Å². The minimum absolute atomic E-state index is 0.344. The van der Waals surface area contributed by atoms with Gasteiger partial charge >= 0.3 is 0 Å². The van der Waals surface area contributed by atoms with Crippen molar-refractivity contribution >= 4 is 33.5 Å². The standard InChI is InChI=1S/C20H23N5O/c1-20(2,3)10-4-6-15-14-9-8-13(12-17(14)26-25-15)22-19-18-16(23-24-19)7-5-11-21-18/h5,7-9,11-12H,4,6,10H2,1-3H3,(H2,22,23,24). The third-order valence-corrected chi connectivity index (χ3v) is 4.47. The zero-order valence-electron chi connectivity index (χ0n) is 15.3. The monoisotopic (exact) mass is 349 g/mol. The van der Waals surface area contributed by atoms with Crippen LogP contribution in [0.15, 0.2) is 41.1 Å². The number of fused-ring (bicyclic) bond motifs is 2. The highest BCUT2D eigenvalue weighted by Gasteiger charge is 2.13. The van der Waals surface area contributed by atoms with Gasteiger partial charge in [-0.3, -0.25) is 10.1 Å². The fraction of sp³-hybridized carbons (Fsp3) is 0.350. The minimum Gasteiger partial charge on any atom is -0.356 e. The minimum atomic E-state index is 0.344. The molecule has 0 saturated heterocycles. The first kappa shape index (κ1) is 16.6. The third-order valence-electron chi connectivity index (χ3n) is 4.47. The van der Waals surface area contributed by atoms with Gasteiger partial charge in [-0.15, -0.1) is 0 Å². The number of aromatic nitrogens is 4. The number of nitrogens with zero attached hydrogens (tertiary/aromatic N) is 3. The van der Waals surface area contributed by atoms with Crippen LogP contribution < -0.4 is 5.32 Å². The predicted molar refractivity (Wildman–Crippen MR) is 104 cm³/mol. The molecule has 6 nitrogen and oxygen atoms in total. The fourth-order valence-electron chi connectivity index (χ4n) is 3.11. The Labute approximate surface area is 152 Å². The predicted octanol–water partition coefficient (Wildman–Crippen LogP) is 5.21. The Bertz CT molecular complexity index is 1040. The first-order chi connectivity index (χ1) is 12.5. The quantitative estimate of drug-likeness (QED) is 0.517. The molecule has 0 radical (unpaired) electrons. The van der Waals surface area contributed by atoms with Crippen molar-refractivity contribution in [3.05, 3.63) is 42.2 Å². The SMILES string of the molecule is CC(C)(C)CCCc1noc2cc(Nc3n[nH]c4cccnc34)ccc12. The van der Waals surface area contributed by atoms with Crippen molar-refractivity contribution in [2.45, 2.75) is 40.0 Å². The van der Waals surface area contributed by atoms with Crippen LogP contribution in [-0.4, -0.2) is 20.3 Å². The molecule has 0 unspecified atom stereocenters. The van der Waals surface area contributed by atoms with Crippen LogP contribution in [0.1, 0.15) is 39.3 Å². The van der Waals surface area contributed by atoms with Crippen molar-refractivity contribution in [1.29, 1.82) is 0 Å². The average molecular weight is 349 g/mol. The summed E-state index contributed by atoms with van der Waals surface area (Å²) in [5.74, 6) is 0.699. The van der Waals surface area contributed by atoms with E-state index in [-0.39, 0.29) is 0 Å². The first-order valence-corrected chi connectivity index (χ1v) is 8.94. The number of aromatic amines is 1. The lowest BCUT2D eigenvalue weighted by Gasteiger charge is -2.16. The van der Waals surface area contributed by atoms with Gasteiger partial charge in [0.1, 0.15) is 5.52 Å². The Morgan fingerprint density at radius 2 is 2.08 bits per heavy atom. The molecule has 0 amide bonds. The van der Waals surface area contributed by atoms with E-state index >= 15 is 0 Å². The van der Waals surface area contributed by atoms with Gasteiger partial charge in [0.15, 0.2) is 11.4 Å². The number of rotatable bonds is 5. The maximum Gasteiger partial charge on any atom is 0.178 e.